The number of aryl methyl sites for hydroxylation is 1. The molecule has 0 unspecified atom stereocenters. The average molecular weight is 342 g/mol. The number of hydrogen-bond acceptors (Lipinski definition) is 3. The van der Waals surface area contributed by atoms with Gasteiger partial charge in [0.2, 0.25) is 0 Å². The van der Waals surface area contributed by atoms with Crippen molar-refractivity contribution in [3.63, 3.8) is 0 Å². The molecule has 0 aliphatic carbocycles. The normalized spacial score (nSPS) is 12.3. The topological polar surface area (TPSA) is 39.9 Å². The van der Waals surface area contributed by atoms with Crippen LogP contribution < -0.4 is 0 Å². The maximum absolute atomic E-state index is 5.74. The Morgan fingerprint density at radius 3 is 2.74 bits per heavy atom. The molecule has 0 saturated heterocycles. The van der Waals surface area contributed by atoms with Crippen molar-refractivity contribution in [3.05, 3.63) is 22.6 Å². The van der Waals surface area contributed by atoms with Crippen LogP contribution in [0, 0.1) is 6.92 Å². The zero-order chi connectivity index (χ0) is 14.0. The molecule has 0 aliphatic heterocycles. The Morgan fingerprint density at radius 1 is 1.32 bits per heavy atom. The third-order valence-electron chi connectivity index (χ3n) is 3.05. The van der Waals surface area contributed by atoms with Gasteiger partial charge in [0.25, 0.3) is 0 Å². The minimum Gasteiger partial charge on any atom is -0.361 e. The van der Waals surface area contributed by atoms with Crippen molar-refractivity contribution in [3.8, 4) is 0 Å². The fourth-order valence-electron chi connectivity index (χ4n) is 1.74. The number of imidazole rings is 1. The van der Waals surface area contributed by atoms with Crippen molar-refractivity contribution in [2.75, 3.05) is 6.61 Å². The lowest BCUT2D eigenvalue weighted by Crippen LogP contribution is -2.22. The van der Waals surface area contributed by atoms with E-state index in [-0.39, 0.29) is 0 Å². The predicted octanol–water partition coefficient (Wildman–Crippen LogP) is 3.81. The Bertz CT molecular complexity index is 577. The van der Waals surface area contributed by atoms with Gasteiger partial charge in [0.15, 0.2) is 5.65 Å². The SMILES string of the molecule is Cc1c(Br)cnc2c1ncn2COCC[Si](C)(C)C. The van der Waals surface area contributed by atoms with Gasteiger partial charge in [-0.3, -0.25) is 4.57 Å². The highest BCUT2D eigenvalue weighted by atomic mass is 79.9. The first-order valence-electron chi connectivity index (χ1n) is 6.42. The quantitative estimate of drug-likeness (QED) is 0.613. The lowest BCUT2D eigenvalue weighted by Gasteiger charge is -2.15. The highest BCUT2D eigenvalue weighted by molar-refractivity contribution is 9.10. The Labute approximate surface area is 123 Å². The monoisotopic (exact) mass is 341 g/mol. The van der Waals surface area contributed by atoms with Crippen LogP contribution in [0.5, 0.6) is 0 Å². The second kappa shape index (κ2) is 5.72. The molecule has 0 spiro atoms. The maximum Gasteiger partial charge on any atom is 0.162 e. The third-order valence-corrected chi connectivity index (χ3v) is 5.55. The molecule has 0 atom stereocenters. The van der Waals surface area contributed by atoms with Crippen molar-refractivity contribution < 1.29 is 4.74 Å². The summed E-state index contributed by atoms with van der Waals surface area (Å²) >= 11 is 3.47. The van der Waals surface area contributed by atoms with E-state index in [4.69, 9.17) is 4.74 Å². The number of fused-ring (bicyclic) bond motifs is 1. The van der Waals surface area contributed by atoms with E-state index in [0.29, 0.717) is 6.73 Å². The molecular weight excluding hydrogens is 322 g/mol. The van der Waals surface area contributed by atoms with Crippen molar-refractivity contribution in [2.45, 2.75) is 39.3 Å². The Balaban J connectivity index is 2.04. The van der Waals surface area contributed by atoms with Crippen LogP contribution in [0.1, 0.15) is 5.56 Å². The van der Waals surface area contributed by atoms with Gasteiger partial charge in [-0.05, 0) is 34.5 Å². The van der Waals surface area contributed by atoms with E-state index in [1.54, 1.807) is 6.33 Å². The van der Waals surface area contributed by atoms with Crippen LogP contribution in [0.3, 0.4) is 0 Å². The summed E-state index contributed by atoms with van der Waals surface area (Å²) in [5.41, 5.74) is 2.93. The number of hydrogen-bond donors (Lipinski definition) is 0. The molecule has 0 saturated carbocycles. The summed E-state index contributed by atoms with van der Waals surface area (Å²) in [5, 5.41) is 0. The van der Waals surface area contributed by atoms with E-state index < -0.39 is 8.07 Å². The summed E-state index contributed by atoms with van der Waals surface area (Å²) < 4.78 is 8.69. The van der Waals surface area contributed by atoms with Crippen molar-refractivity contribution in [1.29, 1.82) is 0 Å². The molecule has 0 bridgehead atoms. The van der Waals surface area contributed by atoms with Crippen LogP contribution in [0.25, 0.3) is 11.2 Å². The molecule has 104 valence electrons. The fourth-order valence-corrected chi connectivity index (χ4v) is 2.79. The van der Waals surface area contributed by atoms with Gasteiger partial charge in [0.1, 0.15) is 12.2 Å². The number of halogens is 1. The predicted molar refractivity (Wildman–Crippen MR) is 84.1 cm³/mol. The Kier molecular flexibility index (Phi) is 4.42. The molecule has 0 amide bonds. The van der Waals surface area contributed by atoms with Crippen LogP contribution >= 0.6 is 15.9 Å². The highest BCUT2D eigenvalue weighted by Gasteiger charge is 2.13. The summed E-state index contributed by atoms with van der Waals surface area (Å²) in [6.07, 6.45) is 3.61. The van der Waals surface area contributed by atoms with Gasteiger partial charge in [-0.1, -0.05) is 19.6 Å². The standard InChI is InChI=1S/C13H20BrN3OSi/c1-10-11(14)7-15-13-12(10)16-8-17(13)9-18-5-6-19(2,3)4/h7-8H,5-6,9H2,1-4H3. The van der Waals surface area contributed by atoms with Gasteiger partial charge in [-0.15, -0.1) is 0 Å². The fraction of sp³-hybridized carbons (Fsp3) is 0.538. The van der Waals surface area contributed by atoms with Crippen molar-refractivity contribution in [1.82, 2.24) is 14.5 Å². The molecule has 0 radical (unpaired) electrons. The minimum atomic E-state index is -1.02. The van der Waals surface area contributed by atoms with E-state index in [1.807, 2.05) is 17.7 Å². The van der Waals surface area contributed by atoms with Crippen LogP contribution in [0.4, 0.5) is 0 Å². The van der Waals surface area contributed by atoms with Crippen LogP contribution in [-0.4, -0.2) is 29.2 Å². The van der Waals surface area contributed by atoms with Gasteiger partial charge in [0, 0.05) is 25.4 Å². The van der Waals surface area contributed by atoms with Crippen LogP contribution in [0.15, 0.2) is 17.0 Å². The van der Waals surface area contributed by atoms with E-state index in [9.17, 15) is 0 Å². The number of ether oxygens (including phenoxy) is 1. The Morgan fingerprint density at radius 2 is 2.05 bits per heavy atom. The van der Waals surface area contributed by atoms with Crippen LogP contribution in [0.2, 0.25) is 25.7 Å². The molecule has 2 aromatic heterocycles. The zero-order valence-corrected chi connectivity index (χ0v) is 14.5. The molecule has 2 heterocycles. The Hall–Kier alpha value is -0.723. The first-order valence-corrected chi connectivity index (χ1v) is 10.9. The summed E-state index contributed by atoms with van der Waals surface area (Å²) in [7, 11) is -1.02. The van der Waals surface area contributed by atoms with Gasteiger partial charge < -0.3 is 4.74 Å². The average Bonchev–Trinajstić information content (AvgIpc) is 2.72. The van der Waals surface area contributed by atoms with Gasteiger partial charge in [0.05, 0.1) is 6.33 Å². The summed E-state index contributed by atoms with van der Waals surface area (Å²) in [5.74, 6) is 0. The largest absolute Gasteiger partial charge is 0.361 e. The zero-order valence-electron chi connectivity index (χ0n) is 11.9. The van der Waals surface area contributed by atoms with Crippen molar-refractivity contribution in [2.24, 2.45) is 0 Å². The summed E-state index contributed by atoms with van der Waals surface area (Å²) in [6, 6.07) is 1.18. The molecule has 0 aliphatic rings. The molecule has 4 nitrogen and oxygen atoms in total. The number of pyridine rings is 1. The van der Waals surface area contributed by atoms with E-state index in [0.717, 1.165) is 27.8 Å². The molecule has 0 fully saturated rings. The number of nitrogens with zero attached hydrogens (tertiary/aromatic N) is 3. The lowest BCUT2D eigenvalue weighted by molar-refractivity contribution is 0.0895. The number of aromatic nitrogens is 3. The molecule has 19 heavy (non-hydrogen) atoms. The first kappa shape index (κ1) is 14.7. The van der Waals surface area contributed by atoms with E-state index in [1.165, 1.54) is 6.04 Å². The molecule has 2 aromatic rings. The molecular formula is C13H20BrN3OSi. The van der Waals surface area contributed by atoms with Crippen LogP contribution in [-0.2, 0) is 11.5 Å². The first-order chi connectivity index (χ1) is 8.88. The smallest absolute Gasteiger partial charge is 0.162 e. The van der Waals surface area contributed by atoms with Gasteiger partial charge in [-0.25, -0.2) is 9.97 Å². The second-order valence-electron chi connectivity index (χ2n) is 5.97. The highest BCUT2D eigenvalue weighted by Crippen LogP contribution is 2.22. The van der Waals surface area contributed by atoms with Gasteiger partial charge in [-0.2, -0.15) is 0 Å². The van der Waals surface area contributed by atoms with E-state index in [2.05, 4.69) is 45.5 Å². The molecule has 0 N–H and O–H groups in total. The minimum absolute atomic E-state index is 0.523. The maximum atomic E-state index is 5.74. The molecule has 2 rings (SSSR count). The van der Waals surface area contributed by atoms with Crippen molar-refractivity contribution >= 4 is 35.2 Å². The lowest BCUT2D eigenvalue weighted by atomic mass is 10.3. The van der Waals surface area contributed by atoms with E-state index >= 15 is 0 Å². The number of rotatable bonds is 5. The summed E-state index contributed by atoms with van der Waals surface area (Å²) in [6.45, 7) is 10.4. The third kappa shape index (κ3) is 3.64. The van der Waals surface area contributed by atoms with Gasteiger partial charge >= 0.3 is 0 Å². The second-order valence-corrected chi connectivity index (χ2v) is 12.4. The molecule has 0 aromatic carbocycles. The summed E-state index contributed by atoms with van der Waals surface area (Å²) in [4.78, 5) is 8.82. The molecule has 6 heteroatoms.